The summed E-state index contributed by atoms with van der Waals surface area (Å²) in [5, 5.41) is 0. The van der Waals surface area contributed by atoms with Crippen molar-refractivity contribution in [2.24, 2.45) is 11.8 Å². The molecule has 1 atom stereocenters. The molecule has 0 spiro atoms. The first kappa shape index (κ1) is 25.8. The van der Waals surface area contributed by atoms with Crippen LogP contribution in [0.25, 0.3) is 5.57 Å². The minimum Gasteiger partial charge on any atom is -0.377 e. The van der Waals surface area contributed by atoms with Crippen LogP contribution in [0.5, 0.6) is 0 Å². The van der Waals surface area contributed by atoms with Gasteiger partial charge in [-0.2, -0.15) is 0 Å². The van der Waals surface area contributed by atoms with Gasteiger partial charge in [-0.15, -0.1) is 6.58 Å². The maximum absolute atomic E-state index is 14.9. The second kappa shape index (κ2) is 12.1. The average molecular weight is 483 g/mol. The number of benzene rings is 2. The van der Waals surface area contributed by atoms with Crippen LogP contribution in [0.1, 0.15) is 86.5 Å². The molecule has 1 unspecified atom stereocenters. The van der Waals surface area contributed by atoms with E-state index >= 15 is 0 Å². The molecule has 1 nitrogen and oxygen atoms in total. The molecule has 0 bridgehead atoms. The molecule has 4 heteroatoms. The van der Waals surface area contributed by atoms with Gasteiger partial charge < -0.3 is 4.74 Å². The van der Waals surface area contributed by atoms with Crippen LogP contribution in [0, 0.1) is 29.3 Å². The van der Waals surface area contributed by atoms with Crippen LogP contribution in [-0.2, 0) is 17.8 Å². The SMILES string of the molecule is C=CC1CC=C(c2ccc(CCC3CCC(c4ccc(COCC)cc4F)CC3)c(F)c2F)CC1. The topological polar surface area (TPSA) is 9.23 Å². The van der Waals surface area contributed by atoms with Crippen molar-refractivity contribution in [3.8, 4) is 0 Å². The fraction of sp³-hybridized carbons (Fsp3) is 0.484. The van der Waals surface area contributed by atoms with Crippen LogP contribution in [0.2, 0.25) is 0 Å². The van der Waals surface area contributed by atoms with E-state index in [-0.39, 0.29) is 11.7 Å². The molecule has 188 valence electrons. The lowest BCUT2D eigenvalue weighted by Gasteiger charge is -2.29. The molecule has 2 aromatic rings. The lowest BCUT2D eigenvalue weighted by atomic mass is 9.76. The van der Waals surface area contributed by atoms with Crippen molar-refractivity contribution in [1.82, 2.24) is 0 Å². The van der Waals surface area contributed by atoms with E-state index in [0.717, 1.165) is 68.1 Å². The lowest BCUT2D eigenvalue weighted by Crippen LogP contribution is -2.15. The Morgan fingerprint density at radius 1 is 1.00 bits per heavy atom. The third-order valence-electron chi connectivity index (χ3n) is 7.94. The van der Waals surface area contributed by atoms with E-state index in [1.807, 2.05) is 31.2 Å². The van der Waals surface area contributed by atoms with Crippen molar-refractivity contribution in [2.75, 3.05) is 6.61 Å². The molecule has 1 saturated carbocycles. The smallest absolute Gasteiger partial charge is 0.166 e. The summed E-state index contributed by atoms with van der Waals surface area (Å²) in [5.41, 5.74) is 3.43. The zero-order valence-corrected chi connectivity index (χ0v) is 20.8. The van der Waals surface area contributed by atoms with E-state index in [1.54, 1.807) is 18.2 Å². The van der Waals surface area contributed by atoms with E-state index < -0.39 is 11.6 Å². The molecule has 0 aromatic heterocycles. The molecule has 0 radical (unpaired) electrons. The third-order valence-corrected chi connectivity index (χ3v) is 7.94. The predicted molar refractivity (Wildman–Crippen MR) is 137 cm³/mol. The largest absolute Gasteiger partial charge is 0.377 e. The van der Waals surface area contributed by atoms with Gasteiger partial charge in [0.2, 0.25) is 0 Å². The molecule has 1 fully saturated rings. The maximum Gasteiger partial charge on any atom is 0.166 e. The van der Waals surface area contributed by atoms with Crippen LogP contribution in [0.15, 0.2) is 49.1 Å². The Balaban J connectivity index is 1.31. The normalized spacial score (nSPS) is 22.6. The van der Waals surface area contributed by atoms with Crippen LogP contribution >= 0.6 is 0 Å². The number of hydrogen-bond acceptors (Lipinski definition) is 1. The number of rotatable bonds is 9. The van der Waals surface area contributed by atoms with Gasteiger partial charge in [-0.1, -0.05) is 36.4 Å². The Morgan fingerprint density at radius 2 is 1.80 bits per heavy atom. The molecular weight excluding hydrogens is 445 g/mol. The zero-order chi connectivity index (χ0) is 24.8. The number of ether oxygens (including phenoxy) is 1. The average Bonchev–Trinajstić information content (AvgIpc) is 2.89. The van der Waals surface area contributed by atoms with Crippen LogP contribution in [0.4, 0.5) is 13.2 Å². The minimum atomic E-state index is -0.710. The second-order valence-electron chi connectivity index (χ2n) is 10.1. The number of aryl methyl sites for hydroxylation is 1. The van der Waals surface area contributed by atoms with Crippen LogP contribution < -0.4 is 0 Å². The van der Waals surface area contributed by atoms with Crippen molar-refractivity contribution < 1.29 is 17.9 Å². The molecule has 0 N–H and O–H groups in total. The van der Waals surface area contributed by atoms with E-state index in [9.17, 15) is 13.2 Å². The first-order chi connectivity index (χ1) is 17.0. The van der Waals surface area contributed by atoms with E-state index in [0.29, 0.717) is 42.6 Å². The summed E-state index contributed by atoms with van der Waals surface area (Å²) in [6.45, 7) is 6.81. The Kier molecular flexibility index (Phi) is 8.89. The zero-order valence-electron chi connectivity index (χ0n) is 20.8. The van der Waals surface area contributed by atoms with Gasteiger partial charge >= 0.3 is 0 Å². The van der Waals surface area contributed by atoms with Crippen molar-refractivity contribution in [3.05, 3.63) is 88.8 Å². The van der Waals surface area contributed by atoms with Gasteiger partial charge in [0, 0.05) is 12.2 Å². The Hall–Kier alpha value is -2.33. The third kappa shape index (κ3) is 6.27. The Bertz CT molecular complexity index is 1050. The monoisotopic (exact) mass is 482 g/mol. The van der Waals surface area contributed by atoms with Gasteiger partial charge in [-0.3, -0.25) is 0 Å². The van der Waals surface area contributed by atoms with Crippen LogP contribution in [0.3, 0.4) is 0 Å². The molecule has 35 heavy (non-hydrogen) atoms. The van der Waals surface area contributed by atoms with Crippen molar-refractivity contribution in [2.45, 2.75) is 77.2 Å². The van der Waals surface area contributed by atoms with Gasteiger partial charge in [-0.25, -0.2) is 13.2 Å². The fourth-order valence-corrected chi connectivity index (χ4v) is 5.68. The van der Waals surface area contributed by atoms with E-state index in [4.69, 9.17) is 4.74 Å². The van der Waals surface area contributed by atoms with E-state index in [2.05, 4.69) is 6.58 Å². The van der Waals surface area contributed by atoms with Gasteiger partial charge in [-0.05, 0) is 111 Å². The lowest BCUT2D eigenvalue weighted by molar-refractivity contribution is 0.134. The molecule has 0 aliphatic heterocycles. The summed E-state index contributed by atoms with van der Waals surface area (Å²) >= 11 is 0. The highest BCUT2D eigenvalue weighted by molar-refractivity contribution is 5.67. The first-order valence-corrected chi connectivity index (χ1v) is 13.1. The molecule has 0 amide bonds. The van der Waals surface area contributed by atoms with Gasteiger partial charge in [0.05, 0.1) is 6.61 Å². The molecule has 0 saturated heterocycles. The number of allylic oxidation sites excluding steroid dienone is 3. The summed E-state index contributed by atoms with van der Waals surface area (Å²) in [5.74, 6) is -0.431. The summed E-state index contributed by atoms with van der Waals surface area (Å²) in [7, 11) is 0. The second-order valence-corrected chi connectivity index (χ2v) is 10.1. The number of hydrogen-bond donors (Lipinski definition) is 0. The number of halogens is 3. The van der Waals surface area contributed by atoms with Gasteiger partial charge in [0.1, 0.15) is 5.82 Å². The molecule has 2 aliphatic rings. The summed E-state index contributed by atoms with van der Waals surface area (Å²) in [6, 6.07) is 8.98. The summed E-state index contributed by atoms with van der Waals surface area (Å²) in [4.78, 5) is 0. The Morgan fingerprint density at radius 3 is 2.46 bits per heavy atom. The van der Waals surface area contributed by atoms with Gasteiger partial charge in [0.15, 0.2) is 11.6 Å². The fourth-order valence-electron chi connectivity index (χ4n) is 5.68. The van der Waals surface area contributed by atoms with Crippen molar-refractivity contribution in [3.63, 3.8) is 0 Å². The van der Waals surface area contributed by atoms with E-state index in [1.165, 1.54) is 0 Å². The molecule has 2 aliphatic carbocycles. The van der Waals surface area contributed by atoms with Crippen LogP contribution in [-0.4, -0.2) is 6.61 Å². The predicted octanol–water partition coefficient (Wildman–Crippen LogP) is 8.92. The molecular formula is C31H37F3O. The first-order valence-electron chi connectivity index (χ1n) is 13.1. The van der Waals surface area contributed by atoms with Crippen molar-refractivity contribution >= 4 is 5.57 Å². The summed E-state index contributed by atoms with van der Waals surface area (Å²) in [6.07, 6.45) is 11.7. The standard InChI is InChI=1S/C31H37F3O/c1-3-21-5-11-25(12-6-21)28-18-16-26(30(33)31(28)34)15-9-22-7-13-24(14-8-22)27-17-10-23(19-29(27)32)20-35-4-2/h3,10-11,16-19,21-22,24H,1,4-9,12-15,20H2,2H3. The maximum atomic E-state index is 14.9. The Labute approximate surface area is 208 Å². The molecule has 0 heterocycles. The van der Waals surface area contributed by atoms with Gasteiger partial charge in [0.25, 0.3) is 0 Å². The highest BCUT2D eigenvalue weighted by Gasteiger charge is 2.25. The van der Waals surface area contributed by atoms with Crippen molar-refractivity contribution in [1.29, 1.82) is 0 Å². The summed E-state index contributed by atoms with van der Waals surface area (Å²) < 4.78 is 49.8. The molecule has 4 rings (SSSR count). The minimum absolute atomic E-state index is 0.142. The quantitative estimate of drug-likeness (QED) is 0.324. The highest BCUT2D eigenvalue weighted by Crippen LogP contribution is 2.39. The highest BCUT2D eigenvalue weighted by atomic mass is 19.2. The molecule has 2 aromatic carbocycles.